The number of nitrogens with zero attached hydrogens (tertiary/aromatic N) is 2. The van der Waals surface area contributed by atoms with Crippen molar-refractivity contribution in [2.45, 2.75) is 12.4 Å². The fourth-order valence-electron chi connectivity index (χ4n) is 2.89. The minimum absolute atomic E-state index is 0.116. The molecule has 0 unspecified atom stereocenters. The van der Waals surface area contributed by atoms with Crippen LogP contribution in [0.25, 0.3) is 16.7 Å². The van der Waals surface area contributed by atoms with Gasteiger partial charge in [0, 0.05) is 24.9 Å². The van der Waals surface area contributed by atoms with Crippen LogP contribution in [0, 0.1) is 0 Å². The van der Waals surface area contributed by atoms with Gasteiger partial charge in [-0.1, -0.05) is 18.2 Å². The maximum Gasteiger partial charge on any atom is 0.534 e. The van der Waals surface area contributed by atoms with E-state index >= 15 is 0 Å². The van der Waals surface area contributed by atoms with Crippen molar-refractivity contribution >= 4 is 38.6 Å². The summed E-state index contributed by atoms with van der Waals surface area (Å²) in [5.74, 6) is -2.07. The third-order valence-electron chi connectivity index (χ3n) is 4.12. The lowest BCUT2D eigenvalue weighted by Crippen LogP contribution is -2.35. The normalized spacial score (nSPS) is 15.4. The number of imide groups is 1. The highest BCUT2D eigenvalue weighted by atomic mass is 32.2. The standard InChI is InChI=1S/C16H13F3N2O5S/c1-9(22)21-8-7-12(26-27(24,25)16(17,18)19)13-10-5-3-4-6-11(10)20(2)14(13)15(21)23/h3-7H,8H2,1-2H3. The van der Waals surface area contributed by atoms with Crippen LogP contribution in [0.3, 0.4) is 0 Å². The van der Waals surface area contributed by atoms with E-state index in [9.17, 15) is 31.2 Å². The lowest BCUT2D eigenvalue weighted by atomic mass is 10.1. The molecule has 0 spiro atoms. The van der Waals surface area contributed by atoms with E-state index in [4.69, 9.17) is 0 Å². The van der Waals surface area contributed by atoms with Crippen LogP contribution in [0.4, 0.5) is 13.2 Å². The number of hydrogen-bond donors (Lipinski definition) is 0. The molecule has 27 heavy (non-hydrogen) atoms. The van der Waals surface area contributed by atoms with Crippen LogP contribution >= 0.6 is 0 Å². The molecule has 2 heterocycles. The average molecular weight is 402 g/mol. The van der Waals surface area contributed by atoms with E-state index in [1.165, 1.54) is 17.7 Å². The lowest BCUT2D eigenvalue weighted by Gasteiger charge is -2.16. The monoisotopic (exact) mass is 402 g/mol. The third kappa shape index (κ3) is 2.97. The van der Waals surface area contributed by atoms with Crippen molar-refractivity contribution < 1.29 is 35.4 Å². The van der Waals surface area contributed by atoms with Gasteiger partial charge >= 0.3 is 15.6 Å². The molecule has 1 aromatic carbocycles. The molecule has 0 bridgehead atoms. The van der Waals surface area contributed by atoms with Gasteiger partial charge < -0.3 is 8.75 Å². The summed E-state index contributed by atoms with van der Waals surface area (Å²) in [6.45, 7) is 0.687. The van der Waals surface area contributed by atoms with Crippen molar-refractivity contribution in [3.63, 3.8) is 0 Å². The molecule has 1 aliphatic rings. The zero-order valence-corrected chi connectivity index (χ0v) is 14.9. The molecule has 2 aromatic rings. The molecule has 0 saturated heterocycles. The molecule has 0 fully saturated rings. The van der Waals surface area contributed by atoms with Crippen LogP contribution in [-0.2, 0) is 26.1 Å². The molecule has 0 aliphatic carbocycles. The van der Waals surface area contributed by atoms with Crippen molar-refractivity contribution in [2.24, 2.45) is 7.05 Å². The largest absolute Gasteiger partial charge is 0.534 e. The highest BCUT2D eigenvalue weighted by Gasteiger charge is 2.49. The van der Waals surface area contributed by atoms with Crippen LogP contribution in [0.1, 0.15) is 23.0 Å². The van der Waals surface area contributed by atoms with E-state index in [1.807, 2.05) is 0 Å². The Morgan fingerprint density at radius 1 is 1.22 bits per heavy atom. The zero-order chi connectivity index (χ0) is 20.1. The third-order valence-corrected chi connectivity index (χ3v) is 5.09. The quantitative estimate of drug-likeness (QED) is 0.569. The number of para-hydroxylation sites is 1. The van der Waals surface area contributed by atoms with E-state index < -0.39 is 39.7 Å². The molecule has 11 heteroatoms. The summed E-state index contributed by atoms with van der Waals surface area (Å²) in [7, 11) is -4.48. The van der Waals surface area contributed by atoms with Crippen molar-refractivity contribution in [3.8, 4) is 0 Å². The molecule has 3 rings (SSSR count). The van der Waals surface area contributed by atoms with Crippen LogP contribution in [0.5, 0.6) is 0 Å². The molecule has 2 amide bonds. The maximum atomic E-state index is 12.8. The summed E-state index contributed by atoms with van der Waals surface area (Å²) in [5.41, 5.74) is -5.45. The molecule has 0 saturated carbocycles. The number of alkyl halides is 3. The molecule has 0 N–H and O–H groups in total. The molecule has 7 nitrogen and oxygen atoms in total. The minimum Gasteiger partial charge on any atom is -0.376 e. The Balaban J connectivity index is 2.31. The number of rotatable bonds is 2. The second-order valence-corrected chi connectivity index (χ2v) is 7.32. The number of carbonyl (C=O) groups excluding carboxylic acids is 2. The first-order valence-corrected chi connectivity index (χ1v) is 8.97. The smallest absolute Gasteiger partial charge is 0.376 e. The van der Waals surface area contributed by atoms with Gasteiger partial charge in [-0.15, -0.1) is 0 Å². The van der Waals surface area contributed by atoms with Gasteiger partial charge in [0.05, 0.1) is 12.1 Å². The summed E-state index contributed by atoms with van der Waals surface area (Å²) >= 11 is 0. The van der Waals surface area contributed by atoms with Gasteiger partial charge in [-0.25, -0.2) is 0 Å². The summed E-state index contributed by atoms with van der Waals surface area (Å²) in [5, 5.41) is 0.317. The number of benzene rings is 1. The van der Waals surface area contributed by atoms with Crippen LogP contribution in [-0.4, -0.2) is 41.8 Å². The first-order valence-electron chi connectivity index (χ1n) is 7.57. The number of hydrogen-bond acceptors (Lipinski definition) is 5. The van der Waals surface area contributed by atoms with Crippen molar-refractivity contribution in [3.05, 3.63) is 41.6 Å². The Kier molecular flexibility index (Phi) is 4.29. The number of aromatic nitrogens is 1. The average Bonchev–Trinajstić information content (AvgIpc) is 2.77. The Bertz CT molecular complexity index is 1100. The lowest BCUT2D eigenvalue weighted by molar-refractivity contribution is -0.125. The van der Waals surface area contributed by atoms with Crippen LogP contribution in [0.15, 0.2) is 30.3 Å². The molecule has 0 atom stereocenters. The Morgan fingerprint density at radius 3 is 2.44 bits per heavy atom. The van der Waals surface area contributed by atoms with Crippen molar-refractivity contribution in [1.82, 2.24) is 9.47 Å². The topological polar surface area (TPSA) is 85.7 Å². The summed E-state index contributed by atoms with van der Waals surface area (Å²) in [4.78, 5) is 25.4. The predicted octanol–water partition coefficient (Wildman–Crippen LogP) is 2.39. The fraction of sp³-hybridized carbons (Fsp3) is 0.250. The molecular weight excluding hydrogens is 389 g/mol. The number of halogens is 3. The summed E-state index contributed by atoms with van der Waals surface area (Å²) < 4.78 is 67.1. The van der Waals surface area contributed by atoms with Gasteiger partial charge in [0.2, 0.25) is 5.91 Å². The summed E-state index contributed by atoms with van der Waals surface area (Å²) in [6, 6.07) is 6.34. The van der Waals surface area contributed by atoms with Crippen LogP contribution in [0.2, 0.25) is 0 Å². The number of carbonyl (C=O) groups is 2. The second kappa shape index (κ2) is 6.12. The van der Waals surface area contributed by atoms with E-state index in [1.54, 1.807) is 18.2 Å². The van der Waals surface area contributed by atoms with Crippen LogP contribution < -0.4 is 0 Å². The van der Waals surface area contributed by atoms with E-state index in [2.05, 4.69) is 4.18 Å². The zero-order valence-electron chi connectivity index (χ0n) is 14.1. The Hall–Kier alpha value is -2.82. The highest BCUT2D eigenvalue weighted by molar-refractivity contribution is 7.87. The Morgan fingerprint density at radius 2 is 1.85 bits per heavy atom. The second-order valence-electron chi connectivity index (χ2n) is 5.79. The Labute approximate surface area is 151 Å². The van der Waals surface area contributed by atoms with Crippen molar-refractivity contribution in [1.29, 1.82) is 0 Å². The van der Waals surface area contributed by atoms with Gasteiger partial charge in [0.25, 0.3) is 5.91 Å². The van der Waals surface area contributed by atoms with E-state index in [-0.39, 0.29) is 11.3 Å². The number of aryl methyl sites for hydroxylation is 1. The van der Waals surface area contributed by atoms with Gasteiger partial charge in [-0.3, -0.25) is 14.5 Å². The van der Waals surface area contributed by atoms with Crippen molar-refractivity contribution in [2.75, 3.05) is 6.54 Å². The first kappa shape index (κ1) is 19.0. The van der Waals surface area contributed by atoms with Gasteiger partial charge in [-0.05, 0) is 12.1 Å². The number of fused-ring (bicyclic) bond motifs is 3. The fourth-order valence-corrected chi connectivity index (χ4v) is 3.38. The number of amides is 2. The molecule has 0 radical (unpaired) electrons. The van der Waals surface area contributed by atoms with Gasteiger partial charge in [0.1, 0.15) is 5.69 Å². The maximum absolute atomic E-state index is 12.8. The minimum atomic E-state index is -5.96. The molecule has 144 valence electrons. The van der Waals surface area contributed by atoms with E-state index in [0.29, 0.717) is 10.9 Å². The van der Waals surface area contributed by atoms with Gasteiger partial charge in [-0.2, -0.15) is 21.6 Å². The highest BCUT2D eigenvalue weighted by Crippen LogP contribution is 2.37. The molecular formula is C16H13F3N2O5S. The summed E-state index contributed by atoms with van der Waals surface area (Å²) in [6.07, 6.45) is 0.973. The molecule has 1 aliphatic heterocycles. The van der Waals surface area contributed by atoms with Gasteiger partial charge in [0.15, 0.2) is 5.76 Å². The van der Waals surface area contributed by atoms with E-state index in [0.717, 1.165) is 17.9 Å². The molecule has 1 aromatic heterocycles. The SMILES string of the molecule is CC(=O)N1CC=C(OS(=O)(=O)C(F)(F)F)c2c(n(C)c3ccccc23)C1=O. The predicted molar refractivity (Wildman–Crippen MR) is 88.7 cm³/mol. The first-order chi connectivity index (χ1) is 12.5.